The first-order chi connectivity index (χ1) is 10.8. The van der Waals surface area contributed by atoms with E-state index in [1.54, 1.807) is 12.1 Å². The van der Waals surface area contributed by atoms with Gasteiger partial charge in [-0.15, -0.1) is 24.9 Å². The molecule has 7 heteroatoms. The molecule has 0 N–H and O–H groups in total. The number of halogens is 3. The zero-order chi connectivity index (χ0) is 16.9. The van der Waals surface area contributed by atoms with Crippen molar-refractivity contribution in [3.05, 3.63) is 29.8 Å². The maximum Gasteiger partial charge on any atom is 0.573 e. The number of amides is 1. The maximum atomic E-state index is 12.1. The number of hydrogen-bond acceptors (Lipinski definition) is 3. The first-order valence-electron chi connectivity index (χ1n) is 7.54. The van der Waals surface area contributed by atoms with E-state index < -0.39 is 6.36 Å². The Kier molecular flexibility index (Phi) is 6.21. The molecule has 1 aromatic carbocycles. The first-order valence-corrected chi connectivity index (χ1v) is 8.69. The molecule has 0 radical (unpaired) electrons. The van der Waals surface area contributed by atoms with Crippen LogP contribution < -0.4 is 4.74 Å². The molecule has 1 heterocycles. The zero-order valence-electron chi connectivity index (χ0n) is 12.9. The van der Waals surface area contributed by atoms with Crippen molar-refractivity contribution in [2.45, 2.75) is 31.9 Å². The van der Waals surface area contributed by atoms with E-state index in [2.05, 4.69) is 11.7 Å². The average molecular weight is 347 g/mol. The lowest BCUT2D eigenvalue weighted by Crippen LogP contribution is -2.38. The summed E-state index contributed by atoms with van der Waals surface area (Å²) in [6, 6.07) is 5.75. The molecule has 128 valence electrons. The number of ether oxygens (including phenoxy) is 1. The molecule has 0 spiro atoms. The number of thioether (sulfide) groups is 1. The average Bonchev–Trinajstić information content (AvgIpc) is 2.48. The van der Waals surface area contributed by atoms with Gasteiger partial charge in [-0.25, -0.2) is 0 Å². The van der Waals surface area contributed by atoms with Crippen LogP contribution in [0, 0.1) is 5.92 Å². The largest absolute Gasteiger partial charge is 0.573 e. The highest BCUT2D eigenvalue weighted by atomic mass is 32.2. The van der Waals surface area contributed by atoms with Crippen molar-refractivity contribution in [3.8, 4) is 5.75 Å². The number of likely N-dealkylation sites (tertiary alicyclic amines) is 1. The fourth-order valence-corrected chi connectivity index (χ4v) is 3.28. The van der Waals surface area contributed by atoms with Crippen LogP contribution in [0.15, 0.2) is 24.3 Å². The quantitative estimate of drug-likeness (QED) is 0.804. The molecule has 1 fully saturated rings. The minimum absolute atomic E-state index is 0.138. The number of alkyl halides is 3. The second-order valence-corrected chi connectivity index (χ2v) is 6.73. The number of rotatable bonds is 5. The SMILES string of the molecule is CC1CCN(C(=O)CSCc2ccc(OC(F)(F)F)cc2)CC1. The predicted molar refractivity (Wildman–Crippen MR) is 84.3 cm³/mol. The summed E-state index contributed by atoms with van der Waals surface area (Å²) in [5.74, 6) is 1.57. The number of hydrogen-bond donors (Lipinski definition) is 0. The van der Waals surface area contributed by atoms with Crippen LogP contribution in [0.25, 0.3) is 0 Å². The third-order valence-electron chi connectivity index (χ3n) is 3.79. The van der Waals surface area contributed by atoms with Gasteiger partial charge in [0.1, 0.15) is 5.75 Å². The highest BCUT2D eigenvalue weighted by Crippen LogP contribution is 2.24. The van der Waals surface area contributed by atoms with Crippen LogP contribution in [0.4, 0.5) is 13.2 Å². The normalized spacial score (nSPS) is 16.4. The number of benzene rings is 1. The second kappa shape index (κ2) is 7.95. The molecule has 1 aliphatic rings. The Hall–Kier alpha value is -1.37. The third kappa shape index (κ3) is 6.33. The number of piperidine rings is 1. The van der Waals surface area contributed by atoms with Crippen LogP contribution in [0.1, 0.15) is 25.3 Å². The molecular formula is C16H20F3NO2S. The Morgan fingerprint density at radius 1 is 1.26 bits per heavy atom. The van der Waals surface area contributed by atoms with Crippen LogP contribution in [-0.2, 0) is 10.5 Å². The van der Waals surface area contributed by atoms with Gasteiger partial charge in [0.25, 0.3) is 0 Å². The van der Waals surface area contributed by atoms with Gasteiger partial charge < -0.3 is 9.64 Å². The van der Waals surface area contributed by atoms with Crippen molar-refractivity contribution in [3.63, 3.8) is 0 Å². The van der Waals surface area contributed by atoms with Gasteiger partial charge in [0.15, 0.2) is 0 Å². The van der Waals surface area contributed by atoms with Crippen molar-refractivity contribution >= 4 is 17.7 Å². The second-order valence-electron chi connectivity index (χ2n) is 5.75. The van der Waals surface area contributed by atoms with Gasteiger partial charge in [-0.05, 0) is 36.5 Å². The Balaban J connectivity index is 1.72. The van der Waals surface area contributed by atoms with Gasteiger partial charge in [-0.1, -0.05) is 19.1 Å². The molecule has 0 bridgehead atoms. The summed E-state index contributed by atoms with van der Waals surface area (Å²) < 4.78 is 40.0. The fourth-order valence-electron chi connectivity index (χ4n) is 2.39. The Labute approximate surface area is 138 Å². The van der Waals surface area contributed by atoms with E-state index in [-0.39, 0.29) is 11.7 Å². The summed E-state index contributed by atoms with van der Waals surface area (Å²) in [6.45, 7) is 3.84. The van der Waals surface area contributed by atoms with Crippen molar-refractivity contribution in [1.82, 2.24) is 4.90 Å². The molecule has 0 unspecified atom stereocenters. The molecule has 1 amide bonds. The van der Waals surface area contributed by atoms with E-state index in [4.69, 9.17) is 0 Å². The summed E-state index contributed by atoms with van der Waals surface area (Å²) in [6.07, 6.45) is -2.57. The molecular weight excluding hydrogens is 327 g/mol. The van der Waals surface area contributed by atoms with Crippen LogP contribution in [0.5, 0.6) is 5.75 Å². The van der Waals surface area contributed by atoms with Crippen LogP contribution in [0.3, 0.4) is 0 Å². The van der Waals surface area contributed by atoms with Gasteiger partial charge in [0.2, 0.25) is 5.91 Å². The molecule has 1 aromatic rings. The number of carbonyl (C=O) groups is 1. The summed E-state index contributed by atoms with van der Waals surface area (Å²) >= 11 is 1.47. The van der Waals surface area contributed by atoms with Gasteiger partial charge >= 0.3 is 6.36 Å². The van der Waals surface area contributed by atoms with Crippen molar-refractivity contribution < 1.29 is 22.7 Å². The van der Waals surface area contributed by atoms with Gasteiger partial charge in [-0.2, -0.15) is 0 Å². The van der Waals surface area contributed by atoms with Crippen LogP contribution in [0.2, 0.25) is 0 Å². The summed E-state index contributed by atoms with van der Waals surface area (Å²) in [5.41, 5.74) is 0.865. The number of nitrogens with zero attached hydrogens (tertiary/aromatic N) is 1. The predicted octanol–water partition coefficient (Wildman–Crippen LogP) is 4.08. The lowest BCUT2D eigenvalue weighted by atomic mass is 9.99. The maximum absolute atomic E-state index is 12.1. The molecule has 0 aliphatic carbocycles. The van der Waals surface area contributed by atoms with Crippen LogP contribution >= 0.6 is 11.8 Å². The van der Waals surface area contributed by atoms with Crippen molar-refractivity contribution in [2.75, 3.05) is 18.8 Å². The van der Waals surface area contributed by atoms with Gasteiger partial charge in [0.05, 0.1) is 5.75 Å². The van der Waals surface area contributed by atoms with Gasteiger partial charge in [0, 0.05) is 18.8 Å². The smallest absolute Gasteiger partial charge is 0.406 e. The third-order valence-corrected chi connectivity index (χ3v) is 4.78. The van der Waals surface area contributed by atoms with E-state index in [0.717, 1.165) is 31.5 Å². The van der Waals surface area contributed by atoms with E-state index >= 15 is 0 Å². The number of carbonyl (C=O) groups excluding carboxylic acids is 1. The van der Waals surface area contributed by atoms with Crippen molar-refractivity contribution in [1.29, 1.82) is 0 Å². The molecule has 2 rings (SSSR count). The fraction of sp³-hybridized carbons (Fsp3) is 0.562. The summed E-state index contributed by atoms with van der Waals surface area (Å²) in [5, 5.41) is 0. The Morgan fingerprint density at radius 2 is 1.87 bits per heavy atom. The summed E-state index contributed by atoms with van der Waals surface area (Å²) in [4.78, 5) is 14.0. The highest BCUT2D eigenvalue weighted by Gasteiger charge is 2.30. The van der Waals surface area contributed by atoms with E-state index in [1.807, 2.05) is 4.90 Å². The Bertz CT molecular complexity index is 511. The molecule has 23 heavy (non-hydrogen) atoms. The minimum Gasteiger partial charge on any atom is -0.406 e. The molecule has 0 atom stereocenters. The van der Waals surface area contributed by atoms with E-state index in [9.17, 15) is 18.0 Å². The monoisotopic (exact) mass is 347 g/mol. The van der Waals surface area contributed by atoms with Gasteiger partial charge in [-0.3, -0.25) is 4.79 Å². The standard InChI is InChI=1S/C16H20F3NO2S/c1-12-6-8-20(9-7-12)15(21)11-23-10-13-2-4-14(5-3-13)22-16(17,18)19/h2-5,12H,6-11H2,1H3. The lowest BCUT2D eigenvalue weighted by molar-refractivity contribution is -0.274. The van der Waals surface area contributed by atoms with E-state index in [1.165, 1.54) is 23.9 Å². The minimum atomic E-state index is -4.67. The zero-order valence-corrected chi connectivity index (χ0v) is 13.8. The molecule has 3 nitrogen and oxygen atoms in total. The van der Waals surface area contributed by atoms with Crippen LogP contribution in [-0.4, -0.2) is 36.0 Å². The summed E-state index contributed by atoms with van der Waals surface area (Å²) in [7, 11) is 0. The molecule has 0 saturated carbocycles. The lowest BCUT2D eigenvalue weighted by Gasteiger charge is -2.30. The topological polar surface area (TPSA) is 29.5 Å². The molecule has 0 aromatic heterocycles. The molecule has 1 saturated heterocycles. The Morgan fingerprint density at radius 3 is 2.43 bits per heavy atom. The highest BCUT2D eigenvalue weighted by molar-refractivity contribution is 7.99. The molecule has 1 aliphatic heterocycles. The van der Waals surface area contributed by atoms with E-state index in [0.29, 0.717) is 17.4 Å². The van der Waals surface area contributed by atoms with Crippen molar-refractivity contribution in [2.24, 2.45) is 5.92 Å². The first kappa shape index (κ1) is 18.0.